The molecule has 3 aromatic rings. The molecule has 0 spiro atoms. The third-order valence-corrected chi connectivity index (χ3v) is 3.66. The summed E-state index contributed by atoms with van der Waals surface area (Å²) in [5.74, 6) is 0.322. The number of hydrogen-bond donors (Lipinski definition) is 2. The number of nitrogens with zero attached hydrogens (tertiary/aromatic N) is 1. The van der Waals surface area contributed by atoms with Gasteiger partial charge in [-0.1, -0.05) is 37.6 Å². The fraction of sp³-hybridized carbons (Fsp3) is 0.222. The molecule has 0 aliphatic carbocycles. The zero-order valence-corrected chi connectivity index (χ0v) is 12.6. The maximum Gasteiger partial charge on any atom is 0.257 e. The number of aromatic nitrogens is 2. The van der Waals surface area contributed by atoms with Crippen molar-refractivity contribution < 1.29 is 4.79 Å². The number of anilines is 1. The van der Waals surface area contributed by atoms with Gasteiger partial charge in [0.25, 0.3) is 5.91 Å². The van der Waals surface area contributed by atoms with Crippen LogP contribution in [0.2, 0.25) is 0 Å². The number of fused-ring (bicyclic) bond motifs is 1. The van der Waals surface area contributed by atoms with E-state index in [4.69, 9.17) is 0 Å². The summed E-state index contributed by atoms with van der Waals surface area (Å²) < 4.78 is 0. The summed E-state index contributed by atoms with van der Waals surface area (Å²) in [7, 11) is 0. The standard InChI is InChI=1S/C18H19N3O/c1-2-3-6-13-9-11-14(12-10-13)17(22)21-18-19-15-7-4-5-8-16(15)20-18/h4-5,7-12H,2-3,6H2,1H3,(H2,19,20,21,22). The molecule has 4 heteroatoms. The molecule has 0 aliphatic rings. The first kappa shape index (κ1) is 14.3. The quantitative estimate of drug-likeness (QED) is 0.742. The molecule has 1 heterocycles. The highest BCUT2D eigenvalue weighted by Gasteiger charge is 2.09. The van der Waals surface area contributed by atoms with Crippen molar-refractivity contribution >= 4 is 22.9 Å². The number of aryl methyl sites for hydroxylation is 1. The molecule has 112 valence electrons. The van der Waals surface area contributed by atoms with Crippen LogP contribution in [0.5, 0.6) is 0 Å². The first-order valence-electron chi connectivity index (χ1n) is 7.61. The number of H-pyrrole nitrogens is 1. The van der Waals surface area contributed by atoms with E-state index in [0.717, 1.165) is 17.5 Å². The summed E-state index contributed by atoms with van der Waals surface area (Å²) in [6.45, 7) is 2.18. The van der Waals surface area contributed by atoms with Crippen LogP contribution in [0.3, 0.4) is 0 Å². The van der Waals surface area contributed by atoms with Gasteiger partial charge in [-0.3, -0.25) is 10.1 Å². The Morgan fingerprint density at radius 3 is 2.64 bits per heavy atom. The maximum absolute atomic E-state index is 12.2. The monoisotopic (exact) mass is 293 g/mol. The summed E-state index contributed by atoms with van der Waals surface area (Å²) in [5.41, 5.74) is 3.66. The van der Waals surface area contributed by atoms with Crippen molar-refractivity contribution in [3.05, 3.63) is 59.7 Å². The molecule has 0 atom stereocenters. The lowest BCUT2D eigenvalue weighted by atomic mass is 10.1. The smallest absolute Gasteiger partial charge is 0.257 e. The summed E-state index contributed by atoms with van der Waals surface area (Å²) in [6.07, 6.45) is 3.40. The van der Waals surface area contributed by atoms with E-state index in [1.807, 2.05) is 48.5 Å². The maximum atomic E-state index is 12.2. The second-order valence-electron chi connectivity index (χ2n) is 5.36. The van der Waals surface area contributed by atoms with E-state index in [-0.39, 0.29) is 5.91 Å². The highest BCUT2D eigenvalue weighted by molar-refractivity contribution is 6.03. The number of amides is 1. The molecular formula is C18H19N3O. The van der Waals surface area contributed by atoms with Gasteiger partial charge in [0.1, 0.15) is 0 Å². The number of unbranched alkanes of at least 4 members (excludes halogenated alkanes) is 1. The SMILES string of the molecule is CCCCc1ccc(C(=O)Nc2nc3ccccc3[nH]2)cc1. The van der Waals surface area contributed by atoms with Gasteiger partial charge in [0.05, 0.1) is 11.0 Å². The molecule has 0 saturated heterocycles. The Balaban J connectivity index is 1.70. The highest BCUT2D eigenvalue weighted by atomic mass is 16.1. The van der Waals surface area contributed by atoms with Gasteiger partial charge in [-0.2, -0.15) is 0 Å². The molecule has 0 unspecified atom stereocenters. The number of carbonyl (C=O) groups is 1. The molecule has 0 saturated carbocycles. The average molecular weight is 293 g/mol. The van der Waals surface area contributed by atoms with Crippen molar-refractivity contribution in [2.45, 2.75) is 26.2 Å². The fourth-order valence-electron chi connectivity index (χ4n) is 2.40. The molecule has 1 amide bonds. The zero-order valence-electron chi connectivity index (χ0n) is 12.6. The normalized spacial score (nSPS) is 10.8. The Morgan fingerprint density at radius 2 is 1.91 bits per heavy atom. The number of carbonyl (C=O) groups excluding carboxylic acids is 1. The predicted molar refractivity (Wildman–Crippen MR) is 89.1 cm³/mol. The largest absolute Gasteiger partial charge is 0.324 e. The molecule has 22 heavy (non-hydrogen) atoms. The zero-order chi connectivity index (χ0) is 15.4. The predicted octanol–water partition coefficient (Wildman–Crippen LogP) is 4.16. The van der Waals surface area contributed by atoms with Crippen molar-refractivity contribution in [2.75, 3.05) is 5.32 Å². The number of nitrogens with one attached hydrogen (secondary N) is 2. The molecule has 0 bridgehead atoms. The van der Waals surface area contributed by atoms with E-state index < -0.39 is 0 Å². The third kappa shape index (κ3) is 3.17. The molecule has 0 aliphatic heterocycles. The van der Waals surface area contributed by atoms with Crippen molar-refractivity contribution in [1.29, 1.82) is 0 Å². The van der Waals surface area contributed by atoms with Crippen molar-refractivity contribution in [3.63, 3.8) is 0 Å². The minimum absolute atomic E-state index is 0.152. The van der Waals surface area contributed by atoms with Gasteiger partial charge in [-0.15, -0.1) is 0 Å². The van der Waals surface area contributed by atoms with Gasteiger partial charge in [-0.05, 0) is 42.7 Å². The third-order valence-electron chi connectivity index (χ3n) is 3.66. The molecular weight excluding hydrogens is 274 g/mol. The second kappa shape index (κ2) is 6.43. The van der Waals surface area contributed by atoms with Crippen LogP contribution in [0, 0.1) is 0 Å². The van der Waals surface area contributed by atoms with Crippen LogP contribution in [0.25, 0.3) is 11.0 Å². The molecule has 0 fully saturated rings. The van der Waals surface area contributed by atoms with Gasteiger partial charge in [-0.25, -0.2) is 4.98 Å². The van der Waals surface area contributed by atoms with Crippen LogP contribution in [0.15, 0.2) is 48.5 Å². The van der Waals surface area contributed by atoms with Crippen LogP contribution in [0.1, 0.15) is 35.7 Å². The van der Waals surface area contributed by atoms with Crippen molar-refractivity contribution in [1.82, 2.24) is 9.97 Å². The number of rotatable bonds is 5. The number of aromatic amines is 1. The first-order chi connectivity index (χ1) is 10.8. The van der Waals surface area contributed by atoms with E-state index in [9.17, 15) is 4.79 Å². The van der Waals surface area contributed by atoms with Gasteiger partial charge < -0.3 is 4.98 Å². The molecule has 1 aromatic heterocycles. The molecule has 3 rings (SSSR count). The van der Waals surface area contributed by atoms with Crippen LogP contribution in [-0.4, -0.2) is 15.9 Å². The highest BCUT2D eigenvalue weighted by Crippen LogP contribution is 2.14. The Morgan fingerprint density at radius 1 is 1.14 bits per heavy atom. The summed E-state index contributed by atoms with van der Waals surface area (Å²) in [4.78, 5) is 19.7. The number of imidazole rings is 1. The summed E-state index contributed by atoms with van der Waals surface area (Å²) in [6, 6.07) is 15.5. The Bertz CT molecular complexity index is 741. The topological polar surface area (TPSA) is 57.8 Å². The van der Waals surface area contributed by atoms with Crippen LogP contribution in [0.4, 0.5) is 5.95 Å². The van der Waals surface area contributed by atoms with Gasteiger partial charge in [0, 0.05) is 5.56 Å². The van der Waals surface area contributed by atoms with E-state index in [1.54, 1.807) is 0 Å². The number of benzene rings is 2. The van der Waals surface area contributed by atoms with E-state index in [0.29, 0.717) is 11.5 Å². The Kier molecular flexibility index (Phi) is 4.19. The molecule has 2 N–H and O–H groups in total. The number of para-hydroxylation sites is 2. The van der Waals surface area contributed by atoms with Crippen molar-refractivity contribution in [3.8, 4) is 0 Å². The van der Waals surface area contributed by atoms with E-state index in [1.165, 1.54) is 18.4 Å². The molecule has 0 radical (unpaired) electrons. The first-order valence-corrected chi connectivity index (χ1v) is 7.61. The minimum Gasteiger partial charge on any atom is -0.324 e. The summed E-state index contributed by atoms with van der Waals surface area (Å²) >= 11 is 0. The Hall–Kier alpha value is -2.62. The van der Waals surface area contributed by atoms with Crippen LogP contribution < -0.4 is 5.32 Å². The van der Waals surface area contributed by atoms with Crippen LogP contribution in [-0.2, 0) is 6.42 Å². The lowest BCUT2D eigenvalue weighted by Crippen LogP contribution is -2.12. The van der Waals surface area contributed by atoms with Gasteiger partial charge in [0.2, 0.25) is 5.95 Å². The minimum atomic E-state index is -0.152. The second-order valence-corrected chi connectivity index (χ2v) is 5.36. The molecule has 2 aromatic carbocycles. The molecule has 4 nitrogen and oxygen atoms in total. The lowest BCUT2D eigenvalue weighted by Gasteiger charge is -2.04. The lowest BCUT2D eigenvalue weighted by molar-refractivity contribution is 0.102. The van der Waals surface area contributed by atoms with E-state index >= 15 is 0 Å². The average Bonchev–Trinajstić information content (AvgIpc) is 2.95. The van der Waals surface area contributed by atoms with Crippen LogP contribution >= 0.6 is 0 Å². The van der Waals surface area contributed by atoms with Gasteiger partial charge >= 0.3 is 0 Å². The van der Waals surface area contributed by atoms with Gasteiger partial charge in [0.15, 0.2) is 0 Å². The fourth-order valence-corrected chi connectivity index (χ4v) is 2.40. The van der Waals surface area contributed by atoms with E-state index in [2.05, 4.69) is 22.2 Å². The Labute approximate surface area is 129 Å². The van der Waals surface area contributed by atoms with Crippen molar-refractivity contribution in [2.24, 2.45) is 0 Å². The summed E-state index contributed by atoms with van der Waals surface area (Å²) in [5, 5.41) is 2.80. The number of hydrogen-bond acceptors (Lipinski definition) is 2.